The summed E-state index contributed by atoms with van der Waals surface area (Å²) in [5.41, 5.74) is 4.15. The number of carboxylic acids is 2. The van der Waals surface area contributed by atoms with Gasteiger partial charge in [-0.05, 0) is 166 Å². The Kier molecular flexibility index (Phi) is 25.4. The number of benzene rings is 6. The van der Waals surface area contributed by atoms with Gasteiger partial charge >= 0.3 is 31.0 Å². The first-order valence-electron chi connectivity index (χ1n) is 25.6. The van der Waals surface area contributed by atoms with Gasteiger partial charge in [-0.2, -0.15) is 13.2 Å². The molecule has 0 atom stereocenters. The summed E-state index contributed by atoms with van der Waals surface area (Å²) in [7, 11) is 1.44. The third-order valence-electron chi connectivity index (χ3n) is 13.3. The number of aliphatic carboxylic acids is 2. The first-order chi connectivity index (χ1) is 36.3. The Morgan fingerprint density at radius 3 is 1.07 bits per heavy atom. The standard InChI is InChI=1S/C21H25NO3.C20H23NO3.C17H19NO.C2HF3O2.Li/c1-24-21(23)13-16-22-14-11-18(12-15-22)17-7-9-20(10-8-17)25-19-5-3-2-4-6-19;22-20(23)12-15-21-13-10-17(11-14-21)16-6-8-19(9-7-16)24-18-4-2-1-3-5-18;1-2-4-16(5-3-1)19-17-8-6-14(7-9-17)15-10-12-18-13-11-15;3-2(4,5)1(6)7;/h2-10,18H,11-16H2,1H3;1-9,17H,10-15H2,(H,22,23);1-9,15,18H,10-13H2;(H,6,7);/q;;;;+1/p-1. The summed E-state index contributed by atoms with van der Waals surface area (Å²) in [5.74, 6) is 2.96. The van der Waals surface area contributed by atoms with Crippen molar-refractivity contribution < 1.29 is 80.9 Å². The first kappa shape index (κ1) is 60.3. The summed E-state index contributed by atoms with van der Waals surface area (Å²) in [6.07, 6.45) is 2.36. The van der Waals surface area contributed by atoms with Crippen LogP contribution in [0, 0.1) is 0 Å². The van der Waals surface area contributed by atoms with Crippen LogP contribution < -0.4 is 48.6 Å². The van der Waals surface area contributed by atoms with E-state index < -0.39 is 18.1 Å². The van der Waals surface area contributed by atoms with Gasteiger partial charge in [-0.15, -0.1) is 0 Å². The van der Waals surface area contributed by atoms with Gasteiger partial charge in [-0.3, -0.25) is 4.79 Å². The predicted molar refractivity (Wildman–Crippen MR) is 277 cm³/mol. The number of halogens is 3. The Labute approximate surface area is 456 Å². The molecule has 76 heavy (non-hydrogen) atoms. The van der Waals surface area contributed by atoms with Crippen LogP contribution in [0.25, 0.3) is 0 Å². The first-order valence-corrected chi connectivity index (χ1v) is 25.6. The maximum Gasteiger partial charge on any atom is 1.00 e. The summed E-state index contributed by atoms with van der Waals surface area (Å²) in [6.45, 7) is 7.86. The minimum atomic E-state index is -5.19. The van der Waals surface area contributed by atoms with Crippen LogP contribution in [0.3, 0.4) is 0 Å². The van der Waals surface area contributed by atoms with Gasteiger partial charge < -0.3 is 53.9 Å². The molecule has 2 N–H and O–H groups in total. The normalized spacial score (nSPS) is 15.3. The van der Waals surface area contributed by atoms with Gasteiger partial charge in [0, 0.05) is 31.9 Å². The van der Waals surface area contributed by atoms with E-state index in [-0.39, 0.29) is 31.3 Å². The molecule has 6 aromatic carbocycles. The van der Waals surface area contributed by atoms with E-state index in [0.717, 1.165) is 98.8 Å². The van der Waals surface area contributed by atoms with E-state index in [1.54, 1.807) is 0 Å². The topological polar surface area (TPSA) is 157 Å². The molecule has 398 valence electrons. The summed E-state index contributed by atoms with van der Waals surface area (Å²) >= 11 is 0. The van der Waals surface area contributed by atoms with E-state index in [1.807, 2.05) is 115 Å². The Hall–Kier alpha value is -6.60. The van der Waals surface area contributed by atoms with E-state index in [0.29, 0.717) is 24.8 Å². The van der Waals surface area contributed by atoms with Gasteiger partial charge in [-0.25, -0.2) is 0 Å². The van der Waals surface area contributed by atoms with Crippen LogP contribution in [0.2, 0.25) is 0 Å². The van der Waals surface area contributed by atoms with E-state index in [4.69, 9.17) is 28.8 Å². The summed E-state index contributed by atoms with van der Waals surface area (Å²) < 4.78 is 53.7. The second-order valence-electron chi connectivity index (χ2n) is 18.6. The van der Waals surface area contributed by atoms with Crippen LogP contribution in [0.5, 0.6) is 34.5 Å². The van der Waals surface area contributed by atoms with Crippen molar-refractivity contribution in [1.82, 2.24) is 9.80 Å². The molecular formula is C60H67F3LiN3O9. The summed E-state index contributed by atoms with van der Waals surface area (Å²) in [4.78, 5) is 35.1. The van der Waals surface area contributed by atoms with Crippen molar-refractivity contribution in [2.45, 2.75) is 75.3 Å². The van der Waals surface area contributed by atoms with Crippen LogP contribution in [-0.2, 0) is 19.1 Å². The number of hydrogen-bond donors (Lipinski definition) is 1. The summed E-state index contributed by atoms with van der Waals surface area (Å²) in [6, 6.07) is 54.9. The predicted octanol–water partition coefficient (Wildman–Crippen LogP) is 6.24. The Morgan fingerprint density at radius 2 is 0.776 bits per heavy atom. The molecule has 0 saturated carbocycles. The molecule has 3 heterocycles. The molecule has 16 heteroatoms. The van der Waals surface area contributed by atoms with Gasteiger partial charge in [0.25, 0.3) is 0 Å². The van der Waals surface area contributed by atoms with Crippen molar-refractivity contribution in [3.63, 3.8) is 0 Å². The molecule has 0 spiro atoms. The van der Waals surface area contributed by atoms with E-state index >= 15 is 0 Å². The molecule has 3 aliphatic heterocycles. The molecule has 0 bridgehead atoms. The fourth-order valence-electron chi connectivity index (χ4n) is 9.14. The maximum absolute atomic E-state index is 11.2. The molecule has 0 radical (unpaired) electrons. The average Bonchev–Trinajstić information content (AvgIpc) is 3.44. The molecule has 0 aromatic heterocycles. The number of rotatable bonds is 15. The van der Waals surface area contributed by atoms with Crippen molar-refractivity contribution >= 4 is 17.9 Å². The number of carbonyl (C=O) groups is 3. The quantitative estimate of drug-likeness (QED) is 0.0918. The van der Waals surface area contributed by atoms with E-state index in [9.17, 15) is 27.9 Å². The Morgan fingerprint density at radius 1 is 0.487 bits per heavy atom. The molecule has 12 nitrogen and oxygen atoms in total. The zero-order valence-corrected chi connectivity index (χ0v) is 43.4. The van der Waals surface area contributed by atoms with Crippen LogP contribution in [-0.4, -0.2) is 93.4 Å². The number of alkyl halides is 3. The number of para-hydroxylation sites is 3. The molecule has 9 rings (SSSR count). The van der Waals surface area contributed by atoms with Gasteiger partial charge in [0.15, 0.2) is 0 Å². The fourth-order valence-corrected chi connectivity index (χ4v) is 9.14. The van der Waals surface area contributed by atoms with Crippen molar-refractivity contribution in [3.05, 3.63) is 180 Å². The van der Waals surface area contributed by atoms with Gasteiger partial charge in [0.2, 0.25) is 0 Å². The number of nitrogens with zero attached hydrogens (tertiary/aromatic N) is 2. The van der Waals surface area contributed by atoms with Crippen LogP contribution in [0.4, 0.5) is 13.2 Å². The number of hydrogen-bond acceptors (Lipinski definition) is 11. The zero-order chi connectivity index (χ0) is 53.3. The number of carbonyl (C=O) groups excluding carboxylic acids is 3. The Balaban J connectivity index is 0.000000198. The molecule has 3 aliphatic rings. The van der Waals surface area contributed by atoms with E-state index in [1.165, 1.54) is 49.7 Å². The van der Waals surface area contributed by atoms with Gasteiger partial charge in [0.1, 0.15) is 40.5 Å². The number of piperidine rings is 3. The third-order valence-corrected chi connectivity index (χ3v) is 13.3. The average molecular weight is 1040 g/mol. The van der Waals surface area contributed by atoms with Gasteiger partial charge in [-0.1, -0.05) is 91.0 Å². The smallest absolute Gasteiger partial charge is 0.550 e. The van der Waals surface area contributed by atoms with Crippen LogP contribution >= 0.6 is 0 Å². The molecule has 0 aliphatic carbocycles. The second-order valence-corrected chi connectivity index (χ2v) is 18.6. The van der Waals surface area contributed by atoms with Crippen molar-refractivity contribution in [1.29, 1.82) is 0 Å². The third kappa shape index (κ3) is 21.6. The van der Waals surface area contributed by atoms with Gasteiger partial charge in [0.05, 0.1) is 26.6 Å². The molecule has 0 unspecified atom stereocenters. The minimum absolute atomic E-state index is 0. The SMILES string of the molecule is COC(=O)CCN1CCC(c2ccc(Oc3ccccc3)cc2)CC1.O=C([O-])C(F)(F)F.O=C([O-])CCN1CCC(c2ccc(Oc3ccccc3)cc2)CC1.[Li+].c1ccc(Oc2ccc(C3CC[NH2+]CC3)cc2)cc1. The summed E-state index contributed by atoms with van der Waals surface area (Å²) in [5, 5.41) is 21.7. The molecule has 6 aromatic rings. The molecular weight excluding hydrogens is 971 g/mol. The van der Waals surface area contributed by atoms with Crippen molar-refractivity contribution in [2.24, 2.45) is 0 Å². The number of esters is 1. The minimum Gasteiger partial charge on any atom is -0.550 e. The molecule has 3 saturated heterocycles. The number of quaternary nitrogens is 1. The van der Waals surface area contributed by atoms with Crippen LogP contribution in [0.15, 0.2) is 164 Å². The number of likely N-dealkylation sites (tertiary alicyclic amines) is 2. The number of nitrogens with two attached hydrogens (primary N) is 1. The monoisotopic (exact) mass is 1040 g/mol. The van der Waals surface area contributed by atoms with Crippen LogP contribution in [0.1, 0.15) is 85.8 Å². The fraction of sp³-hybridized carbons (Fsp3) is 0.350. The number of methoxy groups -OCH3 is 1. The molecule has 3 fully saturated rings. The second kappa shape index (κ2) is 32.1. The Bertz CT molecular complexity index is 2580. The largest absolute Gasteiger partial charge is 1.00 e. The number of ether oxygens (including phenoxy) is 4. The van der Waals surface area contributed by atoms with E-state index in [2.05, 4.69) is 63.6 Å². The van der Waals surface area contributed by atoms with Crippen molar-refractivity contribution in [2.75, 3.05) is 59.5 Å². The molecule has 0 amide bonds. The number of carboxylic acid groups (broad SMARTS) is 2. The van der Waals surface area contributed by atoms with Crippen molar-refractivity contribution in [3.8, 4) is 34.5 Å². The maximum atomic E-state index is 11.2. The zero-order valence-electron chi connectivity index (χ0n) is 43.4.